The highest BCUT2D eigenvalue weighted by atomic mass is 16.2. The lowest BCUT2D eigenvalue weighted by Gasteiger charge is -2.16. The van der Waals surface area contributed by atoms with Gasteiger partial charge in [0.25, 0.3) is 0 Å². The zero-order valence-corrected chi connectivity index (χ0v) is 13.6. The van der Waals surface area contributed by atoms with E-state index in [0.717, 1.165) is 24.2 Å². The van der Waals surface area contributed by atoms with Gasteiger partial charge in [0.2, 0.25) is 17.7 Å². The largest absolute Gasteiger partial charge is 0.355 e. The van der Waals surface area contributed by atoms with Crippen molar-refractivity contribution < 1.29 is 14.4 Å². The van der Waals surface area contributed by atoms with Crippen LogP contribution in [0, 0.1) is 0 Å². The average molecular weight is 317 g/mol. The molecular weight excluding hydrogens is 294 g/mol. The Morgan fingerprint density at radius 3 is 2.52 bits per heavy atom. The van der Waals surface area contributed by atoms with Gasteiger partial charge in [-0.05, 0) is 38.0 Å². The van der Waals surface area contributed by atoms with Crippen LogP contribution in [0.3, 0.4) is 0 Å². The van der Waals surface area contributed by atoms with Crippen LogP contribution in [0.1, 0.15) is 32.3 Å². The number of amides is 3. The second kappa shape index (κ2) is 7.76. The van der Waals surface area contributed by atoms with Crippen molar-refractivity contribution in [2.45, 2.75) is 39.2 Å². The van der Waals surface area contributed by atoms with Crippen LogP contribution in [-0.2, 0) is 20.8 Å². The number of anilines is 1. The first kappa shape index (κ1) is 17.0. The Labute approximate surface area is 136 Å². The van der Waals surface area contributed by atoms with E-state index in [-0.39, 0.29) is 24.1 Å². The van der Waals surface area contributed by atoms with E-state index >= 15 is 0 Å². The summed E-state index contributed by atoms with van der Waals surface area (Å²) in [6, 6.07) is 6.86. The molecule has 0 spiro atoms. The van der Waals surface area contributed by atoms with E-state index in [1.165, 1.54) is 0 Å². The fraction of sp³-hybridized carbons (Fsp3) is 0.471. The van der Waals surface area contributed by atoms with Gasteiger partial charge in [0, 0.05) is 25.2 Å². The highest BCUT2D eigenvalue weighted by Gasteiger charge is 2.21. The standard InChI is InChI=1S/C17H23N3O3/c1-3-18-17(23)12(2)19-15(21)11-13-6-8-14(9-7-13)20-10-4-5-16(20)22/h6-9,12H,3-5,10-11H2,1-2H3,(H,18,23)(H,19,21)/t12-/m1/s1. The second-order valence-corrected chi connectivity index (χ2v) is 5.68. The van der Waals surface area contributed by atoms with Crippen molar-refractivity contribution in [3.63, 3.8) is 0 Å². The van der Waals surface area contributed by atoms with Gasteiger partial charge in [0.15, 0.2) is 0 Å². The molecule has 6 heteroatoms. The van der Waals surface area contributed by atoms with E-state index in [9.17, 15) is 14.4 Å². The average Bonchev–Trinajstić information content (AvgIpc) is 2.94. The maximum absolute atomic E-state index is 12.0. The van der Waals surface area contributed by atoms with Crippen LogP contribution in [0.2, 0.25) is 0 Å². The highest BCUT2D eigenvalue weighted by Crippen LogP contribution is 2.21. The van der Waals surface area contributed by atoms with Crippen molar-refractivity contribution in [1.82, 2.24) is 10.6 Å². The molecule has 0 aliphatic carbocycles. The third kappa shape index (κ3) is 4.55. The Morgan fingerprint density at radius 1 is 1.26 bits per heavy atom. The van der Waals surface area contributed by atoms with Crippen LogP contribution >= 0.6 is 0 Å². The number of nitrogens with one attached hydrogen (secondary N) is 2. The molecule has 1 saturated heterocycles. The van der Waals surface area contributed by atoms with Crippen LogP contribution < -0.4 is 15.5 Å². The first-order chi connectivity index (χ1) is 11.0. The van der Waals surface area contributed by atoms with Crippen LogP contribution in [0.25, 0.3) is 0 Å². The zero-order valence-electron chi connectivity index (χ0n) is 13.6. The number of carbonyl (C=O) groups is 3. The third-order valence-corrected chi connectivity index (χ3v) is 3.81. The number of benzene rings is 1. The molecule has 0 saturated carbocycles. The molecule has 1 heterocycles. The maximum atomic E-state index is 12.0. The number of carbonyl (C=O) groups excluding carboxylic acids is 3. The molecule has 2 rings (SSSR count). The lowest BCUT2D eigenvalue weighted by molar-refractivity contribution is -0.128. The van der Waals surface area contributed by atoms with Crippen molar-refractivity contribution in [1.29, 1.82) is 0 Å². The summed E-state index contributed by atoms with van der Waals surface area (Å²) in [5.41, 5.74) is 1.72. The van der Waals surface area contributed by atoms with E-state index in [4.69, 9.17) is 0 Å². The van der Waals surface area contributed by atoms with Gasteiger partial charge in [-0.1, -0.05) is 12.1 Å². The third-order valence-electron chi connectivity index (χ3n) is 3.81. The van der Waals surface area contributed by atoms with Gasteiger partial charge < -0.3 is 15.5 Å². The maximum Gasteiger partial charge on any atom is 0.242 e. The molecule has 23 heavy (non-hydrogen) atoms. The minimum Gasteiger partial charge on any atom is -0.355 e. The summed E-state index contributed by atoms with van der Waals surface area (Å²) < 4.78 is 0. The summed E-state index contributed by atoms with van der Waals surface area (Å²) in [4.78, 5) is 37.0. The fourth-order valence-electron chi connectivity index (χ4n) is 2.59. The number of hydrogen-bond donors (Lipinski definition) is 2. The van der Waals surface area contributed by atoms with Crippen LogP contribution in [0.5, 0.6) is 0 Å². The van der Waals surface area contributed by atoms with Crippen LogP contribution in [0.4, 0.5) is 5.69 Å². The van der Waals surface area contributed by atoms with Crippen molar-refractivity contribution >= 4 is 23.4 Å². The van der Waals surface area contributed by atoms with Gasteiger partial charge in [-0.2, -0.15) is 0 Å². The fourth-order valence-corrected chi connectivity index (χ4v) is 2.59. The summed E-state index contributed by atoms with van der Waals surface area (Å²) >= 11 is 0. The minimum atomic E-state index is -0.552. The van der Waals surface area contributed by atoms with Gasteiger partial charge in [-0.25, -0.2) is 0 Å². The Hall–Kier alpha value is -2.37. The molecule has 124 valence electrons. The molecule has 1 fully saturated rings. The monoisotopic (exact) mass is 317 g/mol. The molecule has 1 aromatic rings. The van der Waals surface area contributed by atoms with Gasteiger partial charge in [-0.15, -0.1) is 0 Å². The van der Waals surface area contributed by atoms with Gasteiger partial charge in [0.1, 0.15) is 6.04 Å². The van der Waals surface area contributed by atoms with Gasteiger partial charge in [0.05, 0.1) is 6.42 Å². The molecule has 3 amide bonds. The number of hydrogen-bond acceptors (Lipinski definition) is 3. The molecule has 1 aliphatic rings. The normalized spacial score (nSPS) is 15.4. The van der Waals surface area contributed by atoms with Crippen molar-refractivity contribution in [3.05, 3.63) is 29.8 Å². The highest BCUT2D eigenvalue weighted by molar-refractivity contribution is 5.95. The minimum absolute atomic E-state index is 0.145. The predicted molar refractivity (Wildman–Crippen MR) is 88.0 cm³/mol. The van der Waals surface area contributed by atoms with Gasteiger partial charge >= 0.3 is 0 Å². The summed E-state index contributed by atoms with van der Waals surface area (Å²) in [7, 11) is 0. The van der Waals surface area contributed by atoms with Crippen molar-refractivity contribution in [2.24, 2.45) is 0 Å². The topological polar surface area (TPSA) is 78.5 Å². The molecule has 0 unspecified atom stereocenters. The van der Waals surface area contributed by atoms with E-state index in [0.29, 0.717) is 13.0 Å². The first-order valence-corrected chi connectivity index (χ1v) is 7.97. The van der Waals surface area contributed by atoms with E-state index in [1.807, 2.05) is 31.2 Å². The molecule has 1 aliphatic heterocycles. The number of rotatable bonds is 6. The molecule has 2 N–H and O–H groups in total. The first-order valence-electron chi connectivity index (χ1n) is 7.97. The summed E-state index contributed by atoms with van der Waals surface area (Å²) in [5, 5.41) is 5.34. The Balaban J connectivity index is 1.89. The number of nitrogens with zero attached hydrogens (tertiary/aromatic N) is 1. The zero-order chi connectivity index (χ0) is 16.8. The van der Waals surface area contributed by atoms with Crippen LogP contribution in [-0.4, -0.2) is 36.9 Å². The van der Waals surface area contributed by atoms with E-state index in [1.54, 1.807) is 11.8 Å². The van der Waals surface area contributed by atoms with Crippen molar-refractivity contribution in [2.75, 3.05) is 18.0 Å². The quantitative estimate of drug-likeness (QED) is 0.821. The van der Waals surface area contributed by atoms with Crippen molar-refractivity contribution in [3.8, 4) is 0 Å². The molecule has 6 nitrogen and oxygen atoms in total. The lowest BCUT2D eigenvalue weighted by Crippen LogP contribution is -2.45. The van der Waals surface area contributed by atoms with Gasteiger partial charge in [-0.3, -0.25) is 14.4 Å². The molecule has 0 radical (unpaired) electrons. The Kier molecular flexibility index (Phi) is 5.73. The summed E-state index contributed by atoms with van der Waals surface area (Å²) in [6.07, 6.45) is 1.69. The Morgan fingerprint density at radius 2 is 1.96 bits per heavy atom. The SMILES string of the molecule is CCNC(=O)[C@@H](C)NC(=O)Cc1ccc(N2CCCC2=O)cc1. The summed E-state index contributed by atoms with van der Waals surface area (Å²) in [6.45, 7) is 4.78. The van der Waals surface area contributed by atoms with E-state index < -0.39 is 6.04 Å². The van der Waals surface area contributed by atoms with Crippen LogP contribution in [0.15, 0.2) is 24.3 Å². The van der Waals surface area contributed by atoms with E-state index in [2.05, 4.69) is 10.6 Å². The Bertz CT molecular complexity index is 583. The molecule has 0 bridgehead atoms. The molecule has 1 aromatic carbocycles. The summed E-state index contributed by atoms with van der Waals surface area (Å²) in [5.74, 6) is -0.247. The molecule has 1 atom stereocenters. The molecular formula is C17H23N3O3. The smallest absolute Gasteiger partial charge is 0.242 e. The molecule has 0 aromatic heterocycles. The predicted octanol–water partition coefficient (Wildman–Crippen LogP) is 0.997. The number of likely N-dealkylation sites (N-methyl/N-ethyl adjacent to an activating group) is 1. The lowest BCUT2D eigenvalue weighted by atomic mass is 10.1. The second-order valence-electron chi connectivity index (χ2n) is 5.68.